The summed E-state index contributed by atoms with van der Waals surface area (Å²) in [4.78, 5) is 40.7. The Balaban J connectivity index is 1.77. The molecule has 31 heavy (non-hydrogen) atoms. The number of likely N-dealkylation sites (N-methyl/N-ethyl adjacent to an activating group) is 1. The number of nitrogens with zero attached hydrogens (tertiary/aromatic N) is 3. The summed E-state index contributed by atoms with van der Waals surface area (Å²) in [6.07, 6.45) is 2.55. The molecule has 1 heterocycles. The van der Waals surface area contributed by atoms with E-state index in [4.69, 9.17) is 11.6 Å². The largest absolute Gasteiger partial charge is 0.328 e. The Labute approximate surface area is 185 Å². The highest BCUT2D eigenvalue weighted by atomic mass is 35.5. The van der Waals surface area contributed by atoms with E-state index in [0.29, 0.717) is 39.9 Å². The molecular formula is C24H24ClN3O3. The third kappa shape index (κ3) is 3.55. The molecule has 0 saturated heterocycles. The monoisotopic (exact) mass is 437 g/mol. The number of carbonyl (C=O) groups is 2. The van der Waals surface area contributed by atoms with Crippen LogP contribution >= 0.6 is 11.6 Å². The van der Waals surface area contributed by atoms with Crippen LogP contribution in [0, 0.1) is 0 Å². The molecule has 1 aromatic heterocycles. The van der Waals surface area contributed by atoms with E-state index >= 15 is 0 Å². The number of benzene rings is 2. The predicted octanol–water partition coefficient (Wildman–Crippen LogP) is 3.63. The number of Topliss-reactive ketones (excluding diaryl/α,β-unsaturated/α-hetero) is 1. The fourth-order valence-electron chi connectivity index (χ4n) is 4.61. The van der Waals surface area contributed by atoms with Crippen molar-refractivity contribution in [1.29, 1.82) is 0 Å². The minimum atomic E-state index is -1.09. The van der Waals surface area contributed by atoms with E-state index < -0.39 is 5.54 Å². The molecule has 1 amide bonds. The van der Waals surface area contributed by atoms with Gasteiger partial charge in [0.1, 0.15) is 5.54 Å². The van der Waals surface area contributed by atoms with Crippen molar-refractivity contribution < 1.29 is 9.59 Å². The Kier molecular flexibility index (Phi) is 5.67. The van der Waals surface area contributed by atoms with Gasteiger partial charge in [0.2, 0.25) is 5.91 Å². The quantitative estimate of drug-likeness (QED) is 0.624. The Hall–Kier alpha value is -2.99. The fourth-order valence-corrected chi connectivity index (χ4v) is 4.90. The number of hydrogen-bond donors (Lipinski definition) is 0. The molecule has 1 fully saturated rings. The van der Waals surface area contributed by atoms with Crippen molar-refractivity contribution in [1.82, 2.24) is 14.7 Å². The van der Waals surface area contributed by atoms with Crippen molar-refractivity contribution in [2.75, 3.05) is 7.05 Å². The van der Waals surface area contributed by atoms with Gasteiger partial charge < -0.3 is 4.90 Å². The van der Waals surface area contributed by atoms with Crippen molar-refractivity contribution in [3.05, 3.63) is 75.2 Å². The van der Waals surface area contributed by atoms with Gasteiger partial charge in [0, 0.05) is 36.5 Å². The van der Waals surface area contributed by atoms with Crippen molar-refractivity contribution in [3.63, 3.8) is 0 Å². The first-order valence-corrected chi connectivity index (χ1v) is 10.7. The smallest absolute Gasteiger partial charge is 0.274 e. The molecule has 0 spiro atoms. The maximum Gasteiger partial charge on any atom is 0.274 e. The number of ketones is 1. The van der Waals surface area contributed by atoms with E-state index in [2.05, 4.69) is 5.10 Å². The van der Waals surface area contributed by atoms with E-state index in [0.717, 1.165) is 12.8 Å². The van der Waals surface area contributed by atoms with Gasteiger partial charge in [0.05, 0.1) is 17.5 Å². The Morgan fingerprint density at radius 3 is 2.48 bits per heavy atom. The van der Waals surface area contributed by atoms with E-state index in [1.807, 2.05) is 24.3 Å². The zero-order valence-electron chi connectivity index (χ0n) is 17.6. The van der Waals surface area contributed by atoms with Gasteiger partial charge >= 0.3 is 0 Å². The fraction of sp³-hybridized carbons (Fsp3) is 0.333. The van der Waals surface area contributed by atoms with Crippen LogP contribution in [-0.2, 0) is 28.6 Å². The van der Waals surface area contributed by atoms with Crippen LogP contribution in [0.4, 0.5) is 0 Å². The highest BCUT2D eigenvalue weighted by Gasteiger charge is 2.47. The molecule has 0 aliphatic heterocycles. The second-order valence-corrected chi connectivity index (χ2v) is 8.43. The van der Waals surface area contributed by atoms with Crippen LogP contribution in [-0.4, -0.2) is 33.4 Å². The maximum absolute atomic E-state index is 13.5. The number of aromatic nitrogens is 2. The molecule has 7 heteroatoms. The van der Waals surface area contributed by atoms with Gasteiger partial charge in [-0.3, -0.25) is 14.4 Å². The van der Waals surface area contributed by atoms with Crippen LogP contribution in [0.3, 0.4) is 0 Å². The molecule has 1 aliphatic carbocycles. The van der Waals surface area contributed by atoms with E-state index in [9.17, 15) is 14.4 Å². The molecule has 1 unspecified atom stereocenters. The summed E-state index contributed by atoms with van der Waals surface area (Å²) >= 11 is 6.50. The summed E-state index contributed by atoms with van der Waals surface area (Å²) in [5.74, 6) is -0.243. The van der Waals surface area contributed by atoms with Gasteiger partial charge in [-0.25, -0.2) is 4.68 Å². The molecule has 0 radical (unpaired) electrons. The third-order valence-electron chi connectivity index (χ3n) is 6.27. The summed E-state index contributed by atoms with van der Waals surface area (Å²) < 4.78 is 1.25. The van der Waals surface area contributed by atoms with Gasteiger partial charge in [-0.2, -0.15) is 5.10 Å². The topological polar surface area (TPSA) is 72.3 Å². The molecule has 1 saturated carbocycles. The summed E-state index contributed by atoms with van der Waals surface area (Å²) in [7, 11) is 3.24. The first kappa shape index (κ1) is 21.2. The van der Waals surface area contributed by atoms with Crippen LogP contribution in [0.1, 0.15) is 36.9 Å². The summed E-state index contributed by atoms with van der Waals surface area (Å²) in [5.41, 5.74) is -0.137. The molecule has 6 nitrogen and oxygen atoms in total. The second-order valence-electron chi connectivity index (χ2n) is 8.02. The lowest BCUT2D eigenvalue weighted by atomic mass is 9.74. The van der Waals surface area contributed by atoms with Crippen molar-refractivity contribution in [2.45, 2.75) is 37.6 Å². The molecule has 2 aromatic carbocycles. The maximum atomic E-state index is 13.5. The average molecular weight is 438 g/mol. The first-order chi connectivity index (χ1) is 14.9. The van der Waals surface area contributed by atoms with E-state index in [1.165, 1.54) is 9.58 Å². The van der Waals surface area contributed by atoms with Crippen molar-refractivity contribution in [3.8, 4) is 0 Å². The molecule has 1 atom stereocenters. The number of carbonyl (C=O) groups excluding carboxylic acids is 2. The summed E-state index contributed by atoms with van der Waals surface area (Å²) in [6, 6.07) is 14.4. The van der Waals surface area contributed by atoms with Crippen LogP contribution in [0.5, 0.6) is 0 Å². The molecule has 160 valence electrons. The lowest BCUT2D eigenvalue weighted by molar-refractivity contribution is -0.147. The SMILES string of the molecule is CN(C(=O)Cc1nn(C)c(=O)c2ccccc12)C1(c2ccccc2Cl)CCCCC1=O. The molecular weight excluding hydrogens is 414 g/mol. The van der Waals surface area contributed by atoms with Crippen molar-refractivity contribution in [2.24, 2.45) is 7.05 Å². The lowest BCUT2D eigenvalue weighted by Gasteiger charge is -2.44. The zero-order chi connectivity index (χ0) is 22.2. The molecule has 0 bridgehead atoms. The van der Waals surface area contributed by atoms with Gasteiger partial charge in [0.25, 0.3) is 5.56 Å². The minimum Gasteiger partial charge on any atom is -0.328 e. The number of rotatable bonds is 4. The minimum absolute atomic E-state index is 0.000906. The van der Waals surface area contributed by atoms with Gasteiger partial charge in [-0.05, 0) is 31.4 Å². The van der Waals surface area contributed by atoms with Gasteiger partial charge in [0.15, 0.2) is 5.78 Å². The number of fused-ring (bicyclic) bond motifs is 1. The first-order valence-electron chi connectivity index (χ1n) is 10.4. The van der Waals surface area contributed by atoms with Crippen LogP contribution in [0.2, 0.25) is 5.02 Å². The standard InChI is InChI=1S/C24H24ClN3O3/c1-27(24(14-8-7-13-21(24)29)18-11-5-6-12-19(18)25)22(30)15-20-16-9-3-4-10-17(16)23(31)28(2)26-20/h3-6,9-12H,7-8,13-15H2,1-2H3. The molecule has 4 rings (SSSR count). The number of hydrogen-bond acceptors (Lipinski definition) is 4. The number of aryl methyl sites for hydroxylation is 1. The van der Waals surface area contributed by atoms with Gasteiger partial charge in [-0.15, -0.1) is 0 Å². The zero-order valence-corrected chi connectivity index (χ0v) is 18.4. The molecule has 3 aromatic rings. The summed E-state index contributed by atoms with van der Waals surface area (Å²) in [6.45, 7) is 0. The Morgan fingerprint density at radius 2 is 1.77 bits per heavy atom. The molecule has 0 N–H and O–H groups in total. The van der Waals surface area contributed by atoms with Crippen LogP contribution in [0.25, 0.3) is 10.8 Å². The molecule has 1 aliphatic rings. The van der Waals surface area contributed by atoms with Crippen LogP contribution < -0.4 is 5.56 Å². The van der Waals surface area contributed by atoms with Crippen LogP contribution in [0.15, 0.2) is 53.3 Å². The predicted molar refractivity (Wildman–Crippen MR) is 120 cm³/mol. The normalized spacial score (nSPS) is 18.9. The average Bonchev–Trinajstić information content (AvgIpc) is 2.78. The lowest BCUT2D eigenvalue weighted by Crippen LogP contribution is -2.54. The Bertz CT molecular complexity index is 1240. The van der Waals surface area contributed by atoms with E-state index in [-0.39, 0.29) is 23.7 Å². The second kappa shape index (κ2) is 8.27. The highest BCUT2D eigenvalue weighted by molar-refractivity contribution is 6.31. The van der Waals surface area contributed by atoms with Crippen molar-refractivity contribution >= 4 is 34.1 Å². The van der Waals surface area contributed by atoms with Gasteiger partial charge in [-0.1, -0.05) is 48.0 Å². The number of halogens is 1. The number of amides is 1. The van der Waals surface area contributed by atoms with E-state index in [1.54, 1.807) is 38.4 Å². The highest BCUT2D eigenvalue weighted by Crippen LogP contribution is 2.42. The summed E-state index contributed by atoms with van der Waals surface area (Å²) in [5, 5.41) is 5.98. The third-order valence-corrected chi connectivity index (χ3v) is 6.60. The Morgan fingerprint density at radius 1 is 1.10 bits per heavy atom.